The van der Waals surface area contributed by atoms with Crippen LogP contribution in [0.4, 0.5) is 17.6 Å². The molecule has 1 saturated heterocycles. The van der Waals surface area contributed by atoms with Crippen molar-refractivity contribution >= 4 is 11.9 Å². The lowest BCUT2D eigenvalue weighted by atomic mass is 9.90. The highest BCUT2D eigenvalue weighted by atomic mass is 19.4. The van der Waals surface area contributed by atoms with Crippen molar-refractivity contribution < 1.29 is 32.3 Å². The minimum atomic E-state index is -4.97. The molecule has 27 heavy (non-hydrogen) atoms. The first-order chi connectivity index (χ1) is 12.5. The lowest BCUT2D eigenvalue weighted by Gasteiger charge is -2.20. The van der Waals surface area contributed by atoms with Crippen LogP contribution in [0, 0.1) is 11.2 Å². The number of amides is 1. The van der Waals surface area contributed by atoms with Crippen molar-refractivity contribution in [2.45, 2.75) is 19.5 Å². The quantitative estimate of drug-likeness (QED) is 0.825. The molecular weight excluding hydrogens is 370 g/mol. The van der Waals surface area contributed by atoms with Gasteiger partial charge in [0.2, 0.25) is 0 Å². The average molecular weight is 385 g/mol. The molecule has 3 rings (SSSR count). The minimum absolute atomic E-state index is 0.00378. The number of carboxylic acids is 1. The van der Waals surface area contributed by atoms with E-state index in [-0.39, 0.29) is 19.5 Å². The Labute approximate surface area is 151 Å². The summed E-state index contributed by atoms with van der Waals surface area (Å²) in [7, 11) is 0. The lowest BCUT2D eigenvalue weighted by Crippen LogP contribution is -2.35. The van der Waals surface area contributed by atoms with E-state index in [1.165, 1.54) is 19.1 Å². The van der Waals surface area contributed by atoms with Crippen LogP contribution >= 0.6 is 0 Å². The maximum Gasteiger partial charge on any atom is 0.434 e. The van der Waals surface area contributed by atoms with Crippen LogP contribution in [0.2, 0.25) is 0 Å². The SMILES string of the molecule is CC1(C(=O)O)CCN(C(=O)c2cnn(-c3ccccc3F)c2C(F)(F)F)C1. The van der Waals surface area contributed by atoms with Gasteiger partial charge in [0.15, 0.2) is 5.69 Å². The third kappa shape index (κ3) is 3.26. The monoisotopic (exact) mass is 385 g/mol. The Morgan fingerprint density at radius 1 is 1.26 bits per heavy atom. The maximum absolute atomic E-state index is 14.0. The van der Waals surface area contributed by atoms with Crippen molar-refractivity contribution in [1.82, 2.24) is 14.7 Å². The molecule has 0 spiro atoms. The van der Waals surface area contributed by atoms with E-state index in [0.717, 1.165) is 23.2 Å². The Kier molecular flexibility index (Phi) is 4.44. The van der Waals surface area contributed by atoms with Crippen molar-refractivity contribution in [3.05, 3.63) is 47.5 Å². The summed E-state index contributed by atoms with van der Waals surface area (Å²) in [5, 5.41) is 12.8. The molecule has 1 amide bonds. The van der Waals surface area contributed by atoms with Crippen molar-refractivity contribution in [2.24, 2.45) is 5.41 Å². The molecule has 1 unspecified atom stereocenters. The number of aliphatic carboxylic acids is 1. The number of carbonyl (C=O) groups is 2. The topological polar surface area (TPSA) is 75.4 Å². The van der Waals surface area contributed by atoms with E-state index >= 15 is 0 Å². The summed E-state index contributed by atoms with van der Waals surface area (Å²) in [4.78, 5) is 25.0. The second kappa shape index (κ2) is 6.36. The number of hydrogen-bond donors (Lipinski definition) is 1. The molecule has 0 aliphatic carbocycles. The predicted molar refractivity (Wildman–Crippen MR) is 84.8 cm³/mol. The lowest BCUT2D eigenvalue weighted by molar-refractivity contribution is -0.147. The number of likely N-dealkylation sites (tertiary alicyclic amines) is 1. The van der Waals surface area contributed by atoms with Crippen LogP contribution in [-0.2, 0) is 11.0 Å². The van der Waals surface area contributed by atoms with Gasteiger partial charge in [0, 0.05) is 13.1 Å². The molecule has 2 heterocycles. The smallest absolute Gasteiger partial charge is 0.434 e. The predicted octanol–water partition coefficient (Wildman–Crippen LogP) is 2.97. The van der Waals surface area contributed by atoms with Gasteiger partial charge in [0.25, 0.3) is 5.91 Å². The molecule has 0 bridgehead atoms. The molecule has 1 aromatic heterocycles. The first kappa shape index (κ1) is 18.9. The van der Waals surface area contributed by atoms with Crippen molar-refractivity contribution in [1.29, 1.82) is 0 Å². The summed E-state index contributed by atoms with van der Waals surface area (Å²) in [6.45, 7) is 1.21. The molecule has 2 aromatic rings. The number of carbonyl (C=O) groups excluding carboxylic acids is 1. The minimum Gasteiger partial charge on any atom is -0.481 e. The van der Waals surface area contributed by atoms with Crippen molar-refractivity contribution in [2.75, 3.05) is 13.1 Å². The summed E-state index contributed by atoms with van der Waals surface area (Å²) >= 11 is 0. The molecule has 0 radical (unpaired) electrons. The van der Waals surface area contributed by atoms with E-state index in [4.69, 9.17) is 0 Å². The van der Waals surface area contributed by atoms with E-state index < -0.39 is 46.2 Å². The second-order valence-electron chi connectivity index (χ2n) is 6.61. The van der Waals surface area contributed by atoms with E-state index in [2.05, 4.69) is 5.10 Å². The number of alkyl halides is 3. The number of halogens is 4. The highest BCUT2D eigenvalue weighted by Gasteiger charge is 2.46. The zero-order valence-electron chi connectivity index (χ0n) is 14.1. The van der Waals surface area contributed by atoms with Gasteiger partial charge >= 0.3 is 12.1 Å². The van der Waals surface area contributed by atoms with Gasteiger partial charge in [-0.2, -0.15) is 18.3 Å². The molecule has 1 aliphatic rings. The fraction of sp³-hybridized carbons (Fsp3) is 0.353. The fourth-order valence-electron chi connectivity index (χ4n) is 3.06. The van der Waals surface area contributed by atoms with Crippen LogP contribution in [0.5, 0.6) is 0 Å². The van der Waals surface area contributed by atoms with Crippen LogP contribution in [0.3, 0.4) is 0 Å². The third-order valence-corrected chi connectivity index (χ3v) is 4.63. The van der Waals surface area contributed by atoms with Crippen LogP contribution in [0.1, 0.15) is 29.4 Å². The summed E-state index contributed by atoms with van der Waals surface area (Å²) in [6.07, 6.45) is -4.12. The molecule has 1 aromatic carbocycles. The average Bonchev–Trinajstić information content (AvgIpc) is 3.19. The molecule has 1 N–H and O–H groups in total. The number of benzene rings is 1. The second-order valence-corrected chi connectivity index (χ2v) is 6.61. The van der Waals surface area contributed by atoms with Gasteiger partial charge < -0.3 is 10.0 Å². The van der Waals surface area contributed by atoms with Gasteiger partial charge in [-0.05, 0) is 25.5 Å². The van der Waals surface area contributed by atoms with Crippen LogP contribution in [0.25, 0.3) is 5.69 Å². The van der Waals surface area contributed by atoms with Gasteiger partial charge in [-0.15, -0.1) is 0 Å². The molecule has 144 valence electrons. The van der Waals surface area contributed by atoms with Gasteiger partial charge in [-0.3, -0.25) is 9.59 Å². The Bertz CT molecular complexity index is 909. The van der Waals surface area contributed by atoms with Crippen LogP contribution in [-0.4, -0.2) is 44.8 Å². The van der Waals surface area contributed by atoms with E-state index in [9.17, 15) is 32.3 Å². The number of nitrogens with zero attached hydrogens (tertiary/aromatic N) is 3. The van der Waals surface area contributed by atoms with E-state index in [1.807, 2.05) is 0 Å². The van der Waals surface area contributed by atoms with Gasteiger partial charge in [-0.25, -0.2) is 9.07 Å². The van der Waals surface area contributed by atoms with Gasteiger partial charge in [0.1, 0.15) is 11.5 Å². The van der Waals surface area contributed by atoms with Crippen molar-refractivity contribution in [3.8, 4) is 5.69 Å². The first-order valence-corrected chi connectivity index (χ1v) is 7.97. The standard InChI is InChI=1S/C17H15F4N3O3/c1-16(15(26)27)6-7-23(9-16)14(25)10-8-22-24(13(10)17(19,20)21)12-5-3-2-4-11(12)18/h2-5,8H,6-7,9H2,1H3,(H,26,27). The third-order valence-electron chi connectivity index (χ3n) is 4.63. The van der Waals surface area contributed by atoms with Crippen LogP contribution in [0.15, 0.2) is 30.5 Å². The molecular formula is C17H15F4N3O3. The maximum atomic E-state index is 14.0. The van der Waals surface area contributed by atoms with Crippen LogP contribution < -0.4 is 0 Å². The normalized spacial score (nSPS) is 20.1. The Morgan fingerprint density at radius 2 is 1.93 bits per heavy atom. The summed E-state index contributed by atoms with van der Waals surface area (Å²) in [6, 6.07) is 4.76. The summed E-state index contributed by atoms with van der Waals surface area (Å²) in [5.41, 5.74) is -3.82. The Hall–Kier alpha value is -2.91. The summed E-state index contributed by atoms with van der Waals surface area (Å²) < 4.78 is 55.2. The zero-order valence-corrected chi connectivity index (χ0v) is 14.1. The van der Waals surface area contributed by atoms with Gasteiger partial charge in [-0.1, -0.05) is 12.1 Å². The van der Waals surface area contributed by atoms with E-state index in [0.29, 0.717) is 4.68 Å². The molecule has 1 atom stereocenters. The fourth-order valence-corrected chi connectivity index (χ4v) is 3.06. The number of rotatable bonds is 3. The Morgan fingerprint density at radius 3 is 2.48 bits per heavy atom. The number of carboxylic acid groups (broad SMARTS) is 1. The molecule has 1 fully saturated rings. The zero-order chi connectivity index (χ0) is 20.0. The molecule has 6 nitrogen and oxygen atoms in total. The Balaban J connectivity index is 2.04. The van der Waals surface area contributed by atoms with Crippen molar-refractivity contribution in [3.63, 3.8) is 0 Å². The number of para-hydroxylation sites is 1. The first-order valence-electron chi connectivity index (χ1n) is 7.97. The van der Waals surface area contributed by atoms with Gasteiger partial charge in [0.05, 0.1) is 17.2 Å². The largest absolute Gasteiger partial charge is 0.481 e. The summed E-state index contributed by atoms with van der Waals surface area (Å²) in [5.74, 6) is -3.05. The number of aromatic nitrogens is 2. The van der Waals surface area contributed by atoms with E-state index in [1.54, 1.807) is 0 Å². The highest BCUT2D eigenvalue weighted by Crippen LogP contribution is 2.36. The molecule has 0 saturated carbocycles. The molecule has 1 aliphatic heterocycles. The number of hydrogen-bond acceptors (Lipinski definition) is 3. The molecule has 10 heteroatoms. The highest BCUT2D eigenvalue weighted by molar-refractivity contribution is 5.96.